The molecular formula is C12H14N2O. The summed E-state index contributed by atoms with van der Waals surface area (Å²) in [4.78, 5) is 0. The van der Waals surface area contributed by atoms with Gasteiger partial charge in [0.2, 0.25) is 5.88 Å². The number of hydrogen-bond donors (Lipinski definition) is 0. The fraction of sp³-hybridized carbons (Fsp3) is 0.250. The first-order chi connectivity index (χ1) is 7.15. The van der Waals surface area contributed by atoms with E-state index < -0.39 is 0 Å². The molecule has 1 heterocycles. The number of aromatic nitrogens is 2. The molecule has 15 heavy (non-hydrogen) atoms. The third-order valence-electron chi connectivity index (χ3n) is 2.25. The van der Waals surface area contributed by atoms with E-state index in [0.29, 0.717) is 5.88 Å². The van der Waals surface area contributed by atoms with Crippen molar-refractivity contribution in [1.82, 2.24) is 9.78 Å². The average Bonchev–Trinajstić information content (AvgIpc) is 2.58. The van der Waals surface area contributed by atoms with Crippen molar-refractivity contribution in [1.29, 1.82) is 0 Å². The SMILES string of the molecule is Cc1ccc(C)c(Oc2ccn(C)n2)c1. The predicted octanol–water partition coefficient (Wildman–Crippen LogP) is 2.83. The van der Waals surface area contributed by atoms with E-state index in [-0.39, 0.29) is 0 Å². The van der Waals surface area contributed by atoms with Gasteiger partial charge in [-0.25, -0.2) is 0 Å². The van der Waals surface area contributed by atoms with Crippen LogP contribution in [0.15, 0.2) is 30.5 Å². The Labute approximate surface area is 89.3 Å². The zero-order valence-corrected chi connectivity index (χ0v) is 9.19. The van der Waals surface area contributed by atoms with E-state index in [1.165, 1.54) is 5.56 Å². The number of ether oxygens (including phenoxy) is 1. The lowest BCUT2D eigenvalue weighted by atomic mass is 10.1. The van der Waals surface area contributed by atoms with Gasteiger partial charge in [-0.05, 0) is 31.0 Å². The van der Waals surface area contributed by atoms with Crippen LogP contribution in [0, 0.1) is 13.8 Å². The first-order valence-electron chi connectivity index (χ1n) is 4.90. The summed E-state index contributed by atoms with van der Waals surface area (Å²) in [6, 6.07) is 7.99. The van der Waals surface area contributed by atoms with Gasteiger partial charge in [-0.3, -0.25) is 4.68 Å². The standard InChI is InChI=1S/C12H14N2O/c1-9-4-5-10(2)11(8-9)15-12-6-7-14(3)13-12/h4-8H,1-3H3. The molecule has 78 valence electrons. The summed E-state index contributed by atoms with van der Waals surface area (Å²) in [6.07, 6.45) is 1.86. The molecule has 0 aliphatic rings. The van der Waals surface area contributed by atoms with E-state index in [9.17, 15) is 0 Å². The number of benzene rings is 1. The zero-order valence-electron chi connectivity index (χ0n) is 9.19. The highest BCUT2D eigenvalue weighted by Gasteiger charge is 2.03. The summed E-state index contributed by atoms with van der Waals surface area (Å²) in [5.41, 5.74) is 2.30. The summed E-state index contributed by atoms with van der Waals surface area (Å²) in [5.74, 6) is 1.50. The molecule has 2 aromatic rings. The van der Waals surface area contributed by atoms with E-state index >= 15 is 0 Å². The predicted molar refractivity (Wildman–Crippen MR) is 59.2 cm³/mol. The Kier molecular flexibility index (Phi) is 2.46. The molecule has 0 aliphatic carbocycles. The fourth-order valence-electron chi connectivity index (χ4n) is 1.38. The van der Waals surface area contributed by atoms with Gasteiger partial charge in [0.15, 0.2) is 0 Å². The van der Waals surface area contributed by atoms with Crippen molar-refractivity contribution < 1.29 is 4.74 Å². The van der Waals surface area contributed by atoms with Crippen molar-refractivity contribution in [2.45, 2.75) is 13.8 Å². The average molecular weight is 202 g/mol. The largest absolute Gasteiger partial charge is 0.437 e. The molecule has 0 fully saturated rings. The van der Waals surface area contributed by atoms with Crippen LogP contribution in [-0.4, -0.2) is 9.78 Å². The molecule has 2 rings (SSSR count). The Hall–Kier alpha value is -1.77. The highest BCUT2D eigenvalue weighted by molar-refractivity contribution is 5.38. The van der Waals surface area contributed by atoms with Crippen LogP contribution in [0.5, 0.6) is 11.6 Å². The van der Waals surface area contributed by atoms with Gasteiger partial charge in [0.05, 0.1) is 0 Å². The van der Waals surface area contributed by atoms with E-state index in [1.807, 2.05) is 45.3 Å². The summed E-state index contributed by atoms with van der Waals surface area (Å²) in [5, 5.41) is 4.17. The van der Waals surface area contributed by atoms with Gasteiger partial charge in [-0.2, -0.15) is 0 Å². The molecule has 1 aromatic carbocycles. The summed E-state index contributed by atoms with van der Waals surface area (Å²) < 4.78 is 7.40. The normalized spacial score (nSPS) is 10.3. The highest BCUT2D eigenvalue weighted by Crippen LogP contribution is 2.24. The van der Waals surface area contributed by atoms with Crippen LogP contribution in [0.1, 0.15) is 11.1 Å². The van der Waals surface area contributed by atoms with Crippen LogP contribution in [0.3, 0.4) is 0 Å². The quantitative estimate of drug-likeness (QED) is 0.748. The number of rotatable bonds is 2. The minimum Gasteiger partial charge on any atom is -0.437 e. The molecule has 0 spiro atoms. The molecule has 0 unspecified atom stereocenters. The Morgan fingerprint density at radius 3 is 2.67 bits per heavy atom. The molecule has 0 atom stereocenters. The Bertz CT molecular complexity index is 474. The molecule has 0 amide bonds. The topological polar surface area (TPSA) is 27.1 Å². The summed E-state index contributed by atoms with van der Waals surface area (Å²) in [6.45, 7) is 4.07. The molecular weight excluding hydrogens is 188 g/mol. The molecule has 0 saturated carbocycles. The molecule has 0 saturated heterocycles. The van der Waals surface area contributed by atoms with Crippen LogP contribution >= 0.6 is 0 Å². The van der Waals surface area contributed by atoms with Crippen LogP contribution in [-0.2, 0) is 7.05 Å². The van der Waals surface area contributed by atoms with Gasteiger partial charge < -0.3 is 4.74 Å². The van der Waals surface area contributed by atoms with Gasteiger partial charge in [-0.15, -0.1) is 5.10 Å². The maximum atomic E-state index is 5.68. The molecule has 0 bridgehead atoms. The first kappa shape index (κ1) is 9.77. The maximum Gasteiger partial charge on any atom is 0.238 e. The smallest absolute Gasteiger partial charge is 0.238 e. The van der Waals surface area contributed by atoms with Gasteiger partial charge in [0.1, 0.15) is 5.75 Å². The zero-order chi connectivity index (χ0) is 10.8. The van der Waals surface area contributed by atoms with E-state index in [0.717, 1.165) is 11.3 Å². The molecule has 0 radical (unpaired) electrons. The van der Waals surface area contributed by atoms with Crippen molar-refractivity contribution in [2.24, 2.45) is 7.05 Å². The first-order valence-corrected chi connectivity index (χ1v) is 4.90. The third kappa shape index (κ3) is 2.18. The molecule has 0 N–H and O–H groups in total. The molecule has 1 aromatic heterocycles. The van der Waals surface area contributed by atoms with Crippen LogP contribution in [0.2, 0.25) is 0 Å². The molecule has 0 aliphatic heterocycles. The Balaban J connectivity index is 2.27. The van der Waals surface area contributed by atoms with Crippen molar-refractivity contribution in [2.75, 3.05) is 0 Å². The number of aryl methyl sites for hydroxylation is 3. The van der Waals surface area contributed by atoms with Gasteiger partial charge in [0, 0.05) is 19.3 Å². The van der Waals surface area contributed by atoms with Crippen LogP contribution in [0.25, 0.3) is 0 Å². The van der Waals surface area contributed by atoms with Gasteiger partial charge in [-0.1, -0.05) is 12.1 Å². The molecule has 3 heteroatoms. The van der Waals surface area contributed by atoms with Gasteiger partial charge >= 0.3 is 0 Å². The second-order valence-corrected chi connectivity index (χ2v) is 3.70. The second kappa shape index (κ2) is 3.77. The lowest BCUT2D eigenvalue weighted by Gasteiger charge is -2.06. The summed E-state index contributed by atoms with van der Waals surface area (Å²) in [7, 11) is 1.87. The summed E-state index contributed by atoms with van der Waals surface area (Å²) >= 11 is 0. The number of nitrogens with zero attached hydrogens (tertiary/aromatic N) is 2. The molecule has 3 nitrogen and oxygen atoms in total. The maximum absolute atomic E-state index is 5.68. The van der Waals surface area contributed by atoms with Crippen LogP contribution < -0.4 is 4.74 Å². The Morgan fingerprint density at radius 1 is 1.20 bits per heavy atom. The van der Waals surface area contributed by atoms with Crippen molar-refractivity contribution in [3.05, 3.63) is 41.6 Å². The highest BCUT2D eigenvalue weighted by atomic mass is 16.5. The van der Waals surface area contributed by atoms with Crippen molar-refractivity contribution in [3.63, 3.8) is 0 Å². The minimum atomic E-state index is 0.631. The lowest BCUT2D eigenvalue weighted by molar-refractivity contribution is 0.450. The Morgan fingerprint density at radius 2 is 2.00 bits per heavy atom. The number of hydrogen-bond acceptors (Lipinski definition) is 2. The van der Waals surface area contributed by atoms with E-state index in [2.05, 4.69) is 11.2 Å². The lowest BCUT2D eigenvalue weighted by Crippen LogP contribution is -1.91. The van der Waals surface area contributed by atoms with Crippen molar-refractivity contribution in [3.8, 4) is 11.6 Å². The van der Waals surface area contributed by atoms with E-state index in [4.69, 9.17) is 4.74 Å². The monoisotopic (exact) mass is 202 g/mol. The minimum absolute atomic E-state index is 0.631. The second-order valence-electron chi connectivity index (χ2n) is 3.70. The van der Waals surface area contributed by atoms with Crippen molar-refractivity contribution >= 4 is 0 Å². The van der Waals surface area contributed by atoms with Gasteiger partial charge in [0.25, 0.3) is 0 Å². The van der Waals surface area contributed by atoms with E-state index in [1.54, 1.807) is 4.68 Å². The fourth-order valence-corrected chi connectivity index (χ4v) is 1.38. The third-order valence-corrected chi connectivity index (χ3v) is 2.25. The van der Waals surface area contributed by atoms with Crippen LogP contribution in [0.4, 0.5) is 0 Å².